The molecule has 2 aromatic rings. The van der Waals surface area contributed by atoms with Crippen molar-refractivity contribution >= 4 is 5.91 Å². The van der Waals surface area contributed by atoms with Gasteiger partial charge in [-0.15, -0.1) is 0 Å². The van der Waals surface area contributed by atoms with Gasteiger partial charge in [-0.3, -0.25) is 4.79 Å². The van der Waals surface area contributed by atoms with Crippen LogP contribution in [0.2, 0.25) is 0 Å². The molecule has 1 unspecified atom stereocenters. The van der Waals surface area contributed by atoms with Crippen molar-refractivity contribution in [1.82, 2.24) is 4.90 Å². The maximum atomic E-state index is 13.1. The zero-order valence-corrected chi connectivity index (χ0v) is 16.0. The van der Waals surface area contributed by atoms with Crippen LogP contribution in [0.3, 0.4) is 0 Å². The molecule has 3 heteroatoms. The van der Waals surface area contributed by atoms with Gasteiger partial charge >= 0.3 is 0 Å². The van der Waals surface area contributed by atoms with Crippen LogP contribution in [0.5, 0.6) is 0 Å². The minimum Gasteiger partial charge on any atom is -0.390 e. The first-order valence-electron chi connectivity index (χ1n) is 9.53. The maximum Gasteiger partial charge on any atom is 0.254 e. The van der Waals surface area contributed by atoms with Gasteiger partial charge in [0.15, 0.2) is 0 Å². The highest BCUT2D eigenvalue weighted by Gasteiger charge is 2.31. The van der Waals surface area contributed by atoms with Crippen LogP contribution < -0.4 is 0 Å². The second kappa shape index (κ2) is 7.63. The number of likely N-dealkylation sites (tertiary alicyclic amines) is 1. The van der Waals surface area contributed by atoms with Gasteiger partial charge in [0.2, 0.25) is 0 Å². The van der Waals surface area contributed by atoms with Gasteiger partial charge in [-0.2, -0.15) is 0 Å². The first-order valence-corrected chi connectivity index (χ1v) is 9.53. The van der Waals surface area contributed by atoms with Gasteiger partial charge < -0.3 is 10.0 Å². The number of benzene rings is 2. The van der Waals surface area contributed by atoms with E-state index in [-0.39, 0.29) is 11.9 Å². The summed E-state index contributed by atoms with van der Waals surface area (Å²) in [5.74, 6) is 0.116. The number of rotatable bonds is 5. The molecule has 3 nitrogen and oxygen atoms in total. The average molecular weight is 351 g/mol. The van der Waals surface area contributed by atoms with Crippen LogP contribution >= 0.6 is 0 Å². The number of aryl methyl sites for hydroxylation is 2. The lowest BCUT2D eigenvalue weighted by Crippen LogP contribution is -2.30. The van der Waals surface area contributed by atoms with Gasteiger partial charge in [-0.05, 0) is 75.3 Å². The molecule has 1 fully saturated rings. The molecule has 0 bridgehead atoms. The first-order chi connectivity index (χ1) is 12.3. The number of hydrogen-bond acceptors (Lipinski definition) is 2. The van der Waals surface area contributed by atoms with E-state index in [1.165, 1.54) is 11.1 Å². The molecular formula is C23H29NO2. The topological polar surface area (TPSA) is 40.5 Å². The van der Waals surface area contributed by atoms with E-state index in [0.717, 1.165) is 36.9 Å². The Kier molecular flexibility index (Phi) is 5.47. The van der Waals surface area contributed by atoms with Crippen LogP contribution in [0.15, 0.2) is 48.5 Å². The van der Waals surface area contributed by atoms with Crippen molar-refractivity contribution in [3.63, 3.8) is 0 Å². The summed E-state index contributed by atoms with van der Waals surface area (Å²) in [6, 6.07) is 16.4. The van der Waals surface area contributed by atoms with Crippen molar-refractivity contribution in [2.45, 2.75) is 58.1 Å². The van der Waals surface area contributed by atoms with Gasteiger partial charge in [0.25, 0.3) is 5.91 Å². The Labute approximate surface area is 156 Å². The first kappa shape index (κ1) is 18.7. The molecule has 1 atom stereocenters. The van der Waals surface area contributed by atoms with E-state index in [0.29, 0.717) is 6.42 Å². The molecule has 0 spiro atoms. The van der Waals surface area contributed by atoms with Crippen LogP contribution in [-0.4, -0.2) is 28.1 Å². The fourth-order valence-corrected chi connectivity index (χ4v) is 3.72. The SMILES string of the molecule is Cc1ccccc1C1CCCN1C(=O)c1ccc(CCC(C)(C)O)cc1. The number of amides is 1. The van der Waals surface area contributed by atoms with Crippen molar-refractivity contribution in [3.8, 4) is 0 Å². The summed E-state index contributed by atoms with van der Waals surface area (Å²) in [5, 5.41) is 9.86. The van der Waals surface area contributed by atoms with Crippen molar-refractivity contribution < 1.29 is 9.90 Å². The van der Waals surface area contributed by atoms with Gasteiger partial charge in [-0.25, -0.2) is 0 Å². The lowest BCUT2D eigenvalue weighted by molar-refractivity contribution is 0.0710. The minimum atomic E-state index is -0.662. The fraction of sp³-hybridized carbons (Fsp3) is 0.435. The molecule has 1 N–H and O–H groups in total. The third-order valence-corrected chi connectivity index (χ3v) is 5.29. The zero-order chi connectivity index (χ0) is 18.7. The Bertz CT molecular complexity index is 759. The highest BCUT2D eigenvalue weighted by atomic mass is 16.3. The second-order valence-electron chi connectivity index (χ2n) is 8.02. The van der Waals surface area contributed by atoms with E-state index in [1.54, 1.807) is 0 Å². The summed E-state index contributed by atoms with van der Waals surface area (Å²) in [7, 11) is 0. The van der Waals surface area contributed by atoms with E-state index in [2.05, 4.69) is 25.1 Å². The summed E-state index contributed by atoms with van der Waals surface area (Å²) in [4.78, 5) is 15.1. The Morgan fingerprint density at radius 3 is 2.50 bits per heavy atom. The summed E-state index contributed by atoms with van der Waals surface area (Å²) in [6.45, 7) is 6.58. The standard InChI is InChI=1S/C23H29NO2/c1-17-7-4-5-8-20(17)21-9-6-16-24(21)22(25)19-12-10-18(11-13-19)14-15-23(2,3)26/h4-5,7-8,10-13,21,26H,6,9,14-16H2,1-3H3. The van der Waals surface area contributed by atoms with E-state index >= 15 is 0 Å². The lowest BCUT2D eigenvalue weighted by atomic mass is 9.97. The van der Waals surface area contributed by atoms with Crippen LogP contribution in [0, 0.1) is 6.92 Å². The summed E-state index contributed by atoms with van der Waals surface area (Å²) >= 11 is 0. The van der Waals surface area contributed by atoms with Crippen molar-refractivity contribution in [2.24, 2.45) is 0 Å². The molecule has 0 aliphatic carbocycles. The van der Waals surface area contributed by atoms with Gasteiger partial charge in [0.05, 0.1) is 11.6 Å². The highest BCUT2D eigenvalue weighted by Crippen LogP contribution is 2.34. The summed E-state index contributed by atoms with van der Waals surface area (Å²) < 4.78 is 0. The molecule has 0 aromatic heterocycles. The molecule has 1 heterocycles. The molecule has 1 aliphatic heterocycles. The Morgan fingerprint density at radius 2 is 1.85 bits per heavy atom. The molecule has 0 saturated carbocycles. The number of aliphatic hydroxyl groups is 1. The Balaban J connectivity index is 1.73. The molecule has 2 aromatic carbocycles. The highest BCUT2D eigenvalue weighted by molar-refractivity contribution is 5.94. The quantitative estimate of drug-likeness (QED) is 0.850. The fourth-order valence-electron chi connectivity index (χ4n) is 3.72. The predicted octanol–water partition coefficient (Wildman–Crippen LogP) is 4.68. The molecular weight excluding hydrogens is 322 g/mol. The Hall–Kier alpha value is -2.13. The number of hydrogen-bond donors (Lipinski definition) is 1. The van der Waals surface area contributed by atoms with Crippen LogP contribution in [0.4, 0.5) is 0 Å². The zero-order valence-electron chi connectivity index (χ0n) is 16.0. The number of carbonyl (C=O) groups excluding carboxylic acids is 1. The third kappa shape index (κ3) is 4.34. The van der Waals surface area contributed by atoms with Crippen molar-refractivity contribution in [1.29, 1.82) is 0 Å². The van der Waals surface area contributed by atoms with Crippen molar-refractivity contribution in [2.75, 3.05) is 6.54 Å². The summed E-state index contributed by atoms with van der Waals surface area (Å²) in [6.07, 6.45) is 3.60. The second-order valence-corrected chi connectivity index (χ2v) is 8.02. The molecule has 1 saturated heterocycles. The maximum absolute atomic E-state index is 13.1. The van der Waals surface area contributed by atoms with Gasteiger partial charge in [0.1, 0.15) is 0 Å². The monoisotopic (exact) mass is 351 g/mol. The van der Waals surface area contributed by atoms with E-state index < -0.39 is 5.60 Å². The summed E-state index contributed by atoms with van der Waals surface area (Å²) in [5.41, 5.74) is 3.75. The molecule has 26 heavy (non-hydrogen) atoms. The molecule has 1 amide bonds. The van der Waals surface area contributed by atoms with Crippen LogP contribution in [0.1, 0.15) is 66.2 Å². The molecule has 3 rings (SSSR count). The van der Waals surface area contributed by atoms with E-state index in [9.17, 15) is 9.90 Å². The third-order valence-electron chi connectivity index (χ3n) is 5.29. The van der Waals surface area contributed by atoms with Gasteiger partial charge in [-0.1, -0.05) is 36.4 Å². The smallest absolute Gasteiger partial charge is 0.254 e. The van der Waals surface area contributed by atoms with E-state index in [4.69, 9.17) is 0 Å². The average Bonchev–Trinajstić information content (AvgIpc) is 3.09. The van der Waals surface area contributed by atoms with Crippen LogP contribution in [-0.2, 0) is 6.42 Å². The largest absolute Gasteiger partial charge is 0.390 e. The van der Waals surface area contributed by atoms with Crippen LogP contribution in [0.25, 0.3) is 0 Å². The normalized spacial score (nSPS) is 17.5. The van der Waals surface area contributed by atoms with E-state index in [1.807, 2.05) is 49.1 Å². The predicted molar refractivity (Wildman–Crippen MR) is 105 cm³/mol. The molecule has 0 radical (unpaired) electrons. The number of carbonyl (C=O) groups is 1. The van der Waals surface area contributed by atoms with Gasteiger partial charge in [0, 0.05) is 12.1 Å². The minimum absolute atomic E-state index is 0.116. The van der Waals surface area contributed by atoms with Crippen molar-refractivity contribution in [3.05, 3.63) is 70.8 Å². The Morgan fingerprint density at radius 1 is 1.15 bits per heavy atom. The molecule has 1 aliphatic rings. The lowest BCUT2D eigenvalue weighted by Gasteiger charge is -2.26. The number of nitrogens with zero attached hydrogens (tertiary/aromatic N) is 1. The molecule has 138 valence electrons.